The Bertz CT molecular complexity index is 219. The summed E-state index contributed by atoms with van der Waals surface area (Å²) in [5, 5.41) is 3.75. The zero-order valence-corrected chi connectivity index (χ0v) is 8.67. The van der Waals surface area contributed by atoms with Crippen LogP contribution in [-0.2, 0) is 4.74 Å². The van der Waals surface area contributed by atoms with Gasteiger partial charge in [-0.05, 0) is 37.5 Å². The van der Waals surface area contributed by atoms with Crippen molar-refractivity contribution in [3.8, 4) is 0 Å². The third-order valence-corrected chi connectivity index (χ3v) is 4.29. The molecular formula is C11H20N2O. The lowest BCUT2D eigenvalue weighted by Crippen LogP contribution is -2.50. The molecule has 3 aliphatic rings. The van der Waals surface area contributed by atoms with Crippen molar-refractivity contribution in [1.82, 2.24) is 5.32 Å². The van der Waals surface area contributed by atoms with E-state index in [2.05, 4.69) is 5.32 Å². The maximum atomic E-state index is 5.77. The molecule has 3 rings (SSSR count). The zero-order chi connectivity index (χ0) is 9.60. The minimum absolute atomic E-state index is 0.469. The van der Waals surface area contributed by atoms with Crippen LogP contribution in [0.25, 0.3) is 0 Å². The van der Waals surface area contributed by atoms with E-state index in [1.807, 2.05) is 0 Å². The van der Waals surface area contributed by atoms with Crippen LogP contribution in [-0.4, -0.2) is 31.3 Å². The van der Waals surface area contributed by atoms with Gasteiger partial charge in [0.05, 0.1) is 0 Å². The van der Waals surface area contributed by atoms with Gasteiger partial charge in [-0.25, -0.2) is 0 Å². The molecule has 0 aromatic heterocycles. The normalized spacial score (nSPS) is 44.8. The van der Waals surface area contributed by atoms with Crippen molar-refractivity contribution >= 4 is 0 Å². The van der Waals surface area contributed by atoms with Crippen molar-refractivity contribution in [2.45, 2.75) is 50.2 Å². The minimum atomic E-state index is 0.469. The van der Waals surface area contributed by atoms with Gasteiger partial charge in [-0.3, -0.25) is 0 Å². The van der Waals surface area contributed by atoms with Gasteiger partial charge in [0.1, 0.15) is 0 Å². The molecule has 2 saturated carbocycles. The van der Waals surface area contributed by atoms with Gasteiger partial charge < -0.3 is 15.8 Å². The van der Waals surface area contributed by atoms with Gasteiger partial charge in [0.15, 0.2) is 0 Å². The highest BCUT2D eigenvalue weighted by Crippen LogP contribution is 2.54. The number of nitrogens with two attached hydrogens (primary N) is 1. The Morgan fingerprint density at radius 1 is 1.21 bits per heavy atom. The Morgan fingerprint density at radius 2 is 1.93 bits per heavy atom. The van der Waals surface area contributed by atoms with Crippen LogP contribution in [0.3, 0.4) is 0 Å². The molecule has 3 heteroatoms. The summed E-state index contributed by atoms with van der Waals surface area (Å²) in [6.07, 6.45) is 6.28. The fourth-order valence-electron chi connectivity index (χ4n) is 3.00. The zero-order valence-electron chi connectivity index (χ0n) is 8.67. The van der Waals surface area contributed by atoms with Crippen LogP contribution in [0, 0.1) is 5.41 Å². The standard InChI is InChI=1S/C11H20N2O/c12-8-5-9(6-8)13-10-7-11(10)1-3-14-4-2-11/h8-10,13H,1-7,12H2. The first-order chi connectivity index (χ1) is 6.78. The summed E-state index contributed by atoms with van der Waals surface area (Å²) in [7, 11) is 0. The maximum Gasteiger partial charge on any atom is 0.0471 e. The second-order valence-corrected chi connectivity index (χ2v) is 5.33. The van der Waals surface area contributed by atoms with Crippen LogP contribution in [0.2, 0.25) is 0 Å². The summed E-state index contributed by atoms with van der Waals surface area (Å²) in [6, 6.07) is 1.97. The van der Waals surface area contributed by atoms with Gasteiger partial charge in [0.25, 0.3) is 0 Å². The van der Waals surface area contributed by atoms with Crippen molar-refractivity contribution in [3.05, 3.63) is 0 Å². The number of rotatable bonds is 2. The molecule has 1 heterocycles. The second kappa shape index (κ2) is 3.19. The molecule has 80 valence electrons. The molecule has 1 saturated heterocycles. The Kier molecular flexibility index (Phi) is 2.08. The first-order valence-corrected chi connectivity index (χ1v) is 5.88. The topological polar surface area (TPSA) is 47.3 Å². The number of hydrogen-bond donors (Lipinski definition) is 2. The lowest BCUT2D eigenvalue weighted by Gasteiger charge is -2.34. The van der Waals surface area contributed by atoms with Gasteiger partial charge in [0.2, 0.25) is 0 Å². The Morgan fingerprint density at radius 3 is 2.57 bits per heavy atom. The van der Waals surface area contributed by atoms with Crippen LogP contribution >= 0.6 is 0 Å². The summed E-state index contributed by atoms with van der Waals surface area (Å²) in [6.45, 7) is 1.95. The highest BCUT2D eigenvalue weighted by atomic mass is 16.5. The van der Waals surface area contributed by atoms with E-state index in [1.54, 1.807) is 0 Å². The largest absolute Gasteiger partial charge is 0.381 e. The molecule has 3 fully saturated rings. The monoisotopic (exact) mass is 196 g/mol. The molecule has 1 aliphatic heterocycles. The molecule has 0 radical (unpaired) electrons. The Labute approximate surface area is 85.4 Å². The fourth-order valence-corrected chi connectivity index (χ4v) is 3.00. The van der Waals surface area contributed by atoms with Gasteiger partial charge in [-0.1, -0.05) is 0 Å². The van der Waals surface area contributed by atoms with Gasteiger partial charge in [0, 0.05) is 31.3 Å². The second-order valence-electron chi connectivity index (χ2n) is 5.33. The number of nitrogens with one attached hydrogen (secondary N) is 1. The molecular weight excluding hydrogens is 176 g/mol. The molecule has 1 unspecified atom stereocenters. The van der Waals surface area contributed by atoms with Gasteiger partial charge in [-0.15, -0.1) is 0 Å². The average Bonchev–Trinajstić information content (AvgIpc) is 2.77. The Hall–Kier alpha value is -0.120. The van der Waals surface area contributed by atoms with E-state index in [0.717, 1.165) is 25.3 Å². The van der Waals surface area contributed by atoms with Crippen molar-refractivity contribution in [2.75, 3.05) is 13.2 Å². The summed E-state index contributed by atoms with van der Waals surface area (Å²) < 4.78 is 5.41. The summed E-state index contributed by atoms with van der Waals surface area (Å²) in [5.41, 5.74) is 6.40. The maximum absolute atomic E-state index is 5.77. The highest BCUT2D eigenvalue weighted by molar-refractivity contribution is 5.10. The third kappa shape index (κ3) is 1.47. The van der Waals surface area contributed by atoms with Crippen molar-refractivity contribution in [1.29, 1.82) is 0 Å². The highest BCUT2D eigenvalue weighted by Gasteiger charge is 2.55. The molecule has 0 aromatic carbocycles. The first-order valence-electron chi connectivity index (χ1n) is 5.88. The van der Waals surface area contributed by atoms with Crippen molar-refractivity contribution < 1.29 is 4.74 Å². The molecule has 14 heavy (non-hydrogen) atoms. The smallest absolute Gasteiger partial charge is 0.0471 e. The molecule has 1 spiro atoms. The predicted molar refractivity (Wildman–Crippen MR) is 55.0 cm³/mol. The van der Waals surface area contributed by atoms with Crippen molar-refractivity contribution in [3.63, 3.8) is 0 Å². The van der Waals surface area contributed by atoms with E-state index in [-0.39, 0.29) is 0 Å². The number of ether oxygens (including phenoxy) is 1. The van der Waals surface area contributed by atoms with E-state index in [1.165, 1.54) is 32.1 Å². The molecule has 0 aromatic rings. The summed E-state index contributed by atoms with van der Waals surface area (Å²) in [5.74, 6) is 0. The molecule has 0 amide bonds. The average molecular weight is 196 g/mol. The van der Waals surface area contributed by atoms with E-state index in [9.17, 15) is 0 Å². The first kappa shape index (κ1) is 9.13. The van der Waals surface area contributed by atoms with Crippen LogP contribution < -0.4 is 11.1 Å². The van der Waals surface area contributed by atoms with E-state index in [0.29, 0.717) is 11.5 Å². The summed E-state index contributed by atoms with van der Waals surface area (Å²) >= 11 is 0. The van der Waals surface area contributed by atoms with Crippen LogP contribution in [0.1, 0.15) is 32.1 Å². The lowest BCUT2D eigenvalue weighted by molar-refractivity contribution is 0.0529. The molecule has 0 bridgehead atoms. The van der Waals surface area contributed by atoms with E-state index >= 15 is 0 Å². The fraction of sp³-hybridized carbons (Fsp3) is 1.00. The van der Waals surface area contributed by atoms with E-state index < -0.39 is 0 Å². The lowest BCUT2D eigenvalue weighted by atomic mass is 9.87. The molecule has 3 N–H and O–H groups in total. The van der Waals surface area contributed by atoms with Gasteiger partial charge >= 0.3 is 0 Å². The van der Waals surface area contributed by atoms with E-state index in [4.69, 9.17) is 10.5 Å². The number of hydrogen-bond acceptors (Lipinski definition) is 3. The molecule has 3 nitrogen and oxygen atoms in total. The molecule has 2 aliphatic carbocycles. The van der Waals surface area contributed by atoms with Crippen LogP contribution in [0.5, 0.6) is 0 Å². The predicted octanol–water partition coefficient (Wildman–Crippen LogP) is 0.635. The van der Waals surface area contributed by atoms with Crippen molar-refractivity contribution in [2.24, 2.45) is 11.1 Å². The summed E-state index contributed by atoms with van der Waals surface area (Å²) in [4.78, 5) is 0. The van der Waals surface area contributed by atoms with Crippen LogP contribution in [0.4, 0.5) is 0 Å². The minimum Gasteiger partial charge on any atom is -0.381 e. The molecule has 1 atom stereocenters. The van der Waals surface area contributed by atoms with Crippen LogP contribution in [0.15, 0.2) is 0 Å². The third-order valence-electron chi connectivity index (χ3n) is 4.29. The SMILES string of the molecule is NC1CC(NC2CC23CCOCC3)C1. The van der Waals surface area contributed by atoms with Gasteiger partial charge in [-0.2, -0.15) is 0 Å². The quantitative estimate of drug-likeness (QED) is 0.681. The Balaban J connectivity index is 1.48.